The lowest BCUT2D eigenvalue weighted by molar-refractivity contribution is 0.0941. The van der Waals surface area contributed by atoms with Crippen molar-refractivity contribution in [1.82, 2.24) is 20.0 Å². The van der Waals surface area contributed by atoms with Gasteiger partial charge in [0.05, 0.1) is 11.4 Å². The summed E-state index contributed by atoms with van der Waals surface area (Å²) in [6.07, 6.45) is 0. The molecule has 0 atom stereocenters. The monoisotopic (exact) mass is 239 g/mol. The lowest BCUT2D eigenvalue weighted by atomic mass is 10.3. The van der Waals surface area contributed by atoms with Gasteiger partial charge in [0.1, 0.15) is 5.69 Å². The van der Waals surface area contributed by atoms with Gasteiger partial charge in [0.15, 0.2) is 0 Å². The molecule has 0 aliphatic carbocycles. The Morgan fingerprint density at radius 1 is 1.59 bits per heavy atom. The van der Waals surface area contributed by atoms with E-state index in [9.17, 15) is 4.79 Å². The number of hydrogen-bond donors (Lipinski definition) is 2. The minimum atomic E-state index is -0.171. The van der Waals surface area contributed by atoms with Crippen LogP contribution in [0.2, 0.25) is 0 Å². The van der Waals surface area contributed by atoms with Crippen LogP contribution in [0, 0.1) is 6.92 Å². The van der Waals surface area contributed by atoms with Gasteiger partial charge >= 0.3 is 0 Å². The number of nitrogen functional groups attached to an aromatic ring is 1. The van der Waals surface area contributed by atoms with Crippen molar-refractivity contribution in [3.05, 3.63) is 11.4 Å². The molecule has 0 aliphatic rings. The minimum Gasteiger partial charge on any atom is -0.395 e. The number of amides is 1. The molecule has 0 fully saturated rings. The van der Waals surface area contributed by atoms with Crippen molar-refractivity contribution in [3.63, 3.8) is 0 Å². The van der Waals surface area contributed by atoms with E-state index in [1.54, 1.807) is 14.0 Å². The van der Waals surface area contributed by atoms with Crippen molar-refractivity contribution in [2.45, 2.75) is 13.8 Å². The largest absolute Gasteiger partial charge is 0.395 e. The predicted molar refractivity (Wildman–Crippen MR) is 67.9 cm³/mol. The van der Waals surface area contributed by atoms with Gasteiger partial charge < -0.3 is 16.0 Å². The third kappa shape index (κ3) is 3.20. The highest BCUT2D eigenvalue weighted by atomic mass is 16.2. The lowest BCUT2D eigenvalue weighted by Crippen LogP contribution is -2.34. The number of carbonyl (C=O) groups excluding carboxylic acids is 1. The molecule has 0 unspecified atom stereocenters. The first-order valence-corrected chi connectivity index (χ1v) is 5.73. The summed E-state index contributed by atoms with van der Waals surface area (Å²) in [5.41, 5.74) is 7.38. The van der Waals surface area contributed by atoms with E-state index >= 15 is 0 Å². The van der Waals surface area contributed by atoms with Crippen molar-refractivity contribution in [2.75, 3.05) is 32.4 Å². The summed E-state index contributed by atoms with van der Waals surface area (Å²) in [4.78, 5) is 14.0. The molecule has 0 bridgehead atoms. The second-order valence-corrected chi connectivity index (χ2v) is 4.12. The molecule has 96 valence electrons. The van der Waals surface area contributed by atoms with Crippen LogP contribution in [0.15, 0.2) is 0 Å². The Hall–Kier alpha value is -1.56. The number of rotatable bonds is 5. The van der Waals surface area contributed by atoms with E-state index in [2.05, 4.69) is 22.2 Å². The first kappa shape index (κ1) is 13.5. The van der Waals surface area contributed by atoms with Gasteiger partial charge in [0, 0.05) is 20.1 Å². The fourth-order valence-corrected chi connectivity index (χ4v) is 1.55. The van der Waals surface area contributed by atoms with Crippen molar-refractivity contribution < 1.29 is 4.79 Å². The first-order chi connectivity index (χ1) is 7.97. The Morgan fingerprint density at radius 2 is 2.24 bits per heavy atom. The molecule has 0 spiro atoms. The molecule has 1 rings (SSSR count). The molecule has 1 aromatic rings. The van der Waals surface area contributed by atoms with Crippen LogP contribution in [0.4, 0.5) is 5.69 Å². The van der Waals surface area contributed by atoms with E-state index in [-0.39, 0.29) is 5.91 Å². The van der Waals surface area contributed by atoms with Gasteiger partial charge in [0.2, 0.25) is 0 Å². The summed E-state index contributed by atoms with van der Waals surface area (Å²) in [5, 5.41) is 6.95. The maximum absolute atomic E-state index is 11.9. The Balaban J connectivity index is 2.58. The fourth-order valence-electron chi connectivity index (χ4n) is 1.55. The number of likely N-dealkylation sites (N-methyl/N-ethyl adjacent to an activating group) is 1. The summed E-state index contributed by atoms with van der Waals surface area (Å²) >= 11 is 0. The molecule has 0 aromatic carbocycles. The second-order valence-electron chi connectivity index (χ2n) is 4.12. The summed E-state index contributed by atoms with van der Waals surface area (Å²) in [7, 11) is 3.73. The average molecular weight is 239 g/mol. The van der Waals surface area contributed by atoms with E-state index in [0.717, 1.165) is 13.1 Å². The van der Waals surface area contributed by atoms with Crippen molar-refractivity contribution in [2.24, 2.45) is 7.05 Å². The quantitative estimate of drug-likeness (QED) is 0.758. The summed E-state index contributed by atoms with van der Waals surface area (Å²) in [5.74, 6) is -0.171. The van der Waals surface area contributed by atoms with Gasteiger partial charge in [-0.2, -0.15) is 5.10 Å². The van der Waals surface area contributed by atoms with Crippen molar-refractivity contribution in [1.29, 1.82) is 0 Å². The smallest absolute Gasteiger partial charge is 0.271 e. The van der Waals surface area contributed by atoms with Gasteiger partial charge in [-0.05, 0) is 20.5 Å². The van der Waals surface area contributed by atoms with Crippen LogP contribution in [-0.2, 0) is 7.05 Å². The molecule has 3 N–H and O–H groups in total. The topological polar surface area (TPSA) is 76.2 Å². The number of nitrogens with two attached hydrogens (primary N) is 1. The third-order valence-electron chi connectivity index (χ3n) is 2.80. The van der Waals surface area contributed by atoms with Crippen LogP contribution in [0.1, 0.15) is 23.1 Å². The average Bonchev–Trinajstić information content (AvgIpc) is 2.52. The van der Waals surface area contributed by atoms with E-state index < -0.39 is 0 Å². The van der Waals surface area contributed by atoms with Crippen molar-refractivity contribution >= 4 is 11.6 Å². The summed E-state index contributed by atoms with van der Waals surface area (Å²) in [6.45, 7) is 6.25. The highest BCUT2D eigenvalue weighted by Crippen LogP contribution is 2.14. The van der Waals surface area contributed by atoms with E-state index in [1.165, 1.54) is 4.68 Å². The number of hydrogen-bond acceptors (Lipinski definition) is 4. The third-order valence-corrected chi connectivity index (χ3v) is 2.80. The summed E-state index contributed by atoms with van der Waals surface area (Å²) < 4.78 is 1.52. The number of aromatic nitrogens is 2. The minimum absolute atomic E-state index is 0.171. The highest BCUT2D eigenvalue weighted by Gasteiger charge is 2.17. The molecule has 0 saturated heterocycles. The molecule has 0 saturated carbocycles. The Kier molecular flexibility index (Phi) is 4.51. The number of aryl methyl sites for hydroxylation is 2. The molecular weight excluding hydrogens is 218 g/mol. The molecule has 6 nitrogen and oxygen atoms in total. The van der Waals surface area contributed by atoms with E-state index in [0.29, 0.717) is 23.6 Å². The molecule has 17 heavy (non-hydrogen) atoms. The zero-order valence-corrected chi connectivity index (χ0v) is 10.9. The molecule has 6 heteroatoms. The maximum Gasteiger partial charge on any atom is 0.271 e. The molecule has 0 aliphatic heterocycles. The zero-order valence-electron chi connectivity index (χ0n) is 10.9. The standard InChI is InChI=1S/C11H21N5O/c1-5-15(3)7-6-13-11(17)10-9(12)8(2)14-16(10)4/h5-7,12H2,1-4H3,(H,13,17). The summed E-state index contributed by atoms with van der Waals surface area (Å²) in [6, 6.07) is 0. The zero-order chi connectivity index (χ0) is 13.0. The van der Waals surface area contributed by atoms with Crippen LogP contribution in [0.25, 0.3) is 0 Å². The number of nitrogens with one attached hydrogen (secondary N) is 1. The molecule has 1 amide bonds. The van der Waals surface area contributed by atoms with E-state index in [1.807, 2.05) is 7.05 Å². The molecule has 1 aromatic heterocycles. The number of carbonyl (C=O) groups is 1. The first-order valence-electron chi connectivity index (χ1n) is 5.73. The molecule has 1 heterocycles. The Bertz CT molecular complexity index is 399. The number of nitrogens with zero attached hydrogens (tertiary/aromatic N) is 3. The van der Waals surface area contributed by atoms with Crippen LogP contribution in [-0.4, -0.2) is 47.3 Å². The van der Waals surface area contributed by atoms with Crippen LogP contribution in [0.3, 0.4) is 0 Å². The van der Waals surface area contributed by atoms with Crippen molar-refractivity contribution in [3.8, 4) is 0 Å². The van der Waals surface area contributed by atoms with Gasteiger partial charge in [-0.25, -0.2) is 0 Å². The lowest BCUT2D eigenvalue weighted by Gasteiger charge is -2.14. The van der Waals surface area contributed by atoms with Gasteiger partial charge in [0.25, 0.3) is 5.91 Å². The van der Waals surface area contributed by atoms with Crippen LogP contribution < -0.4 is 11.1 Å². The molecular formula is C11H21N5O. The van der Waals surface area contributed by atoms with E-state index in [4.69, 9.17) is 5.73 Å². The predicted octanol–water partition coefficient (Wildman–Crippen LogP) is -0.00778. The Labute approximate surface area is 102 Å². The Morgan fingerprint density at radius 3 is 2.71 bits per heavy atom. The highest BCUT2D eigenvalue weighted by molar-refractivity contribution is 5.97. The van der Waals surface area contributed by atoms with Crippen LogP contribution >= 0.6 is 0 Å². The van der Waals surface area contributed by atoms with Gasteiger partial charge in [-0.1, -0.05) is 6.92 Å². The maximum atomic E-state index is 11.9. The normalized spacial score (nSPS) is 10.9. The van der Waals surface area contributed by atoms with Gasteiger partial charge in [-0.3, -0.25) is 9.48 Å². The number of anilines is 1. The van der Waals surface area contributed by atoms with Crippen LogP contribution in [0.5, 0.6) is 0 Å². The molecule has 0 radical (unpaired) electrons. The fraction of sp³-hybridized carbons (Fsp3) is 0.636. The van der Waals surface area contributed by atoms with Gasteiger partial charge in [-0.15, -0.1) is 0 Å². The second kappa shape index (κ2) is 5.67. The SMILES string of the molecule is CCN(C)CCNC(=O)c1c(N)c(C)nn1C.